The SMILES string of the molecule is Oc1ccc(-c2cc(-c3ccccc3)nc(S)n2)cc1. The van der Waals surface area contributed by atoms with Crippen LogP contribution in [-0.4, -0.2) is 15.1 Å². The number of rotatable bonds is 2. The Kier molecular flexibility index (Phi) is 3.39. The van der Waals surface area contributed by atoms with Crippen molar-refractivity contribution in [2.45, 2.75) is 5.16 Å². The zero-order valence-electron chi connectivity index (χ0n) is 10.6. The smallest absolute Gasteiger partial charge is 0.185 e. The van der Waals surface area contributed by atoms with Crippen molar-refractivity contribution < 1.29 is 5.11 Å². The maximum Gasteiger partial charge on any atom is 0.185 e. The van der Waals surface area contributed by atoms with Crippen molar-refractivity contribution in [2.75, 3.05) is 0 Å². The van der Waals surface area contributed by atoms with Crippen LogP contribution in [0.15, 0.2) is 65.8 Å². The molecule has 98 valence electrons. The molecule has 20 heavy (non-hydrogen) atoms. The molecular formula is C16H12N2OS. The maximum atomic E-state index is 9.34. The molecule has 1 heterocycles. The normalized spacial score (nSPS) is 10.4. The van der Waals surface area contributed by atoms with Crippen LogP contribution in [-0.2, 0) is 0 Å². The van der Waals surface area contributed by atoms with Gasteiger partial charge in [0.15, 0.2) is 5.16 Å². The molecule has 3 aromatic rings. The van der Waals surface area contributed by atoms with E-state index in [0.29, 0.717) is 5.16 Å². The Morgan fingerprint density at radius 1 is 0.750 bits per heavy atom. The van der Waals surface area contributed by atoms with Crippen molar-refractivity contribution in [1.29, 1.82) is 0 Å². The lowest BCUT2D eigenvalue weighted by Gasteiger charge is -2.06. The number of aromatic hydroxyl groups is 1. The first-order valence-electron chi connectivity index (χ1n) is 6.15. The average Bonchev–Trinajstić information content (AvgIpc) is 2.48. The number of hydrogen-bond acceptors (Lipinski definition) is 4. The molecule has 0 aliphatic carbocycles. The van der Waals surface area contributed by atoms with Gasteiger partial charge in [0.05, 0.1) is 11.4 Å². The summed E-state index contributed by atoms with van der Waals surface area (Å²) in [7, 11) is 0. The highest BCUT2D eigenvalue weighted by molar-refractivity contribution is 7.80. The topological polar surface area (TPSA) is 46.0 Å². The van der Waals surface area contributed by atoms with E-state index in [9.17, 15) is 5.11 Å². The molecule has 0 atom stereocenters. The summed E-state index contributed by atoms with van der Waals surface area (Å²) in [5.41, 5.74) is 3.54. The number of phenolic OH excluding ortho intramolecular Hbond substituents is 1. The Morgan fingerprint density at radius 3 is 1.90 bits per heavy atom. The van der Waals surface area contributed by atoms with Crippen molar-refractivity contribution in [3.63, 3.8) is 0 Å². The van der Waals surface area contributed by atoms with Gasteiger partial charge in [-0.25, -0.2) is 9.97 Å². The zero-order valence-corrected chi connectivity index (χ0v) is 11.5. The van der Waals surface area contributed by atoms with E-state index in [0.717, 1.165) is 22.5 Å². The largest absolute Gasteiger partial charge is 0.508 e. The number of phenols is 1. The Hall–Kier alpha value is -2.33. The fourth-order valence-electron chi connectivity index (χ4n) is 1.97. The first kappa shape index (κ1) is 12.7. The third kappa shape index (κ3) is 2.65. The van der Waals surface area contributed by atoms with E-state index in [-0.39, 0.29) is 5.75 Å². The number of hydrogen-bond donors (Lipinski definition) is 2. The molecule has 1 aromatic heterocycles. The standard InChI is InChI=1S/C16H12N2OS/c19-13-8-6-12(7-9-13)15-10-14(17-16(20)18-15)11-4-2-1-3-5-11/h1-10,19H,(H,17,18,20). The average molecular weight is 280 g/mol. The molecule has 0 bridgehead atoms. The predicted molar refractivity (Wildman–Crippen MR) is 81.8 cm³/mol. The molecule has 0 aliphatic rings. The van der Waals surface area contributed by atoms with Gasteiger partial charge in [0, 0.05) is 11.1 Å². The van der Waals surface area contributed by atoms with E-state index in [1.165, 1.54) is 0 Å². The second kappa shape index (κ2) is 5.35. The first-order valence-corrected chi connectivity index (χ1v) is 6.60. The van der Waals surface area contributed by atoms with Crippen molar-refractivity contribution in [2.24, 2.45) is 0 Å². The van der Waals surface area contributed by atoms with Crippen molar-refractivity contribution in [3.8, 4) is 28.3 Å². The van der Waals surface area contributed by atoms with Crippen LogP contribution in [0.25, 0.3) is 22.5 Å². The van der Waals surface area contributed by atoms with Gasteiger partial charge in [-0.15, -0.1) is 12.6 Å². The second-order valence-electron chi connectivity index (χ2n) is 4.35. The number of aromatic nitrogens is 2. The van der Waals surface area contributed by atoms with Crippen LogP contribution in [0, 0.1) is 0 Å². The van der Waals surface area contributed by atoms with Gasteiger partial charge in [-0.1, -0.05) is 30.3 Å². The highest BCUT2D eigenvalue weighted by Crippen LogP contribution is 2.25. The van der Waals surface area contributed by atoms with Crippen LogP contribution in [0.3, 0.4) is 0 Å². The summed E-state index contributed by atoms with van der Waals surface area (Å²) >= 11 is 4.27. The summed E-state index contributed by atoms with van der Waals surface area (Å²) in [5, 5.41) is 9.77. The van der Waals surface area contributed by atoms with E-state index >= 15 is 0 Å². The monoisotopic (exact) mass is 280 g/mol. The fourth-order valence-corrected chi connectivity index (χ4v) is 2.19. The van der Waals surface area contributed by atoms with E-state index < -0.39 is 0 Å². The summed E-state index contributed by atoms with van der Waals surface area (Å²) in [6, 6.07) is 18.7. The van der Waals surface area contributed by atoms with Crippen LogP contribution in [0.4, 0.5) is 0 Å². The minimum absolute atomic E-state index is 0.234. The minimum atomic E-state index is 0.234. The van der Waals surface area contributed by atoms with Crippen LogP contribution < -0.4 is 0 Å². The molecule has 0 saturated heterocycles. The van der Waals surface area contributed by atoms with E-state index in [4.69, 9.17) is 0 Å². The van der Waals surface area contributed by atoms with Gasteiger partial charge in [-0.2, -0.15) is 0 Å². The van der Waals surface area contributed by atoms with Crippen molar-refractivity contribution >= 4 is 12.6 Å². The summed E-state index contributed by atoms with van der Waals surface area (Å²) in [5.74, 6) is 0.234. The molecule has 0 saturated carbocycles. The summed E-state index contributed by atoms with van der Waals surface area (Å²) in [4.78, 5) is 8.68. The molecule has 0 aliphatic heterocycles. The molecule has 0 unspecified atom stereocenters. The molecule has 0 radical (unpaired) electrons. The van der Waals surface area contributed by atoms with Crippen LogP contribution in [0.1, 0.15) is 0 Å². The number of nitrogens with zero attached hydrogens (tertiary/aromatic N) is 2. The molecular weight excluding hydrogens is 268 g/mol. The van der Waals surface area contributed by atoms with Gasteiger partial charge < -0.3 is 5.11 Å². The Morgan fingerprint density at radius 2 is 1.30 bits per heavy atom. The Balaban J connectivity index is 2.09. The molecule has 1 N–H and O–H groups in total. The molecule has 0 amide bonds. The lowest BCUT2D eigenvalue weighted by Crippen LogP contribution is -1.92. The van der Waals surface area contributed by atoms with Crippen molar-refractivity contribution in [1.82, 2.24) is 9.97 Å². The molecule has 0 fully saturated rings. The van der Waals surface area contributed by atoms with Gasteiger partial charge in [0.25, 0.3) is 0 Å². The summed E-state index contributed by atoms with van der Waals surface area (Å²) in [6.07, 6.45) is 0. The third-order valence-electron chi connectivity index (χ3n) is 2.95. The van der Waals surface area contributed by atoms with Crippen LogP contribution >= 0.6 is 12.6 Å². The van der Waals surface area contributed by atoms with Gasteiger partial charge in [-0.05, 0) is 30.3 Å². The molecule has 3 rings (SSSR count). The number of thiol groups is 1. The number of benzene rings is 2. The summed E-state index contributed by atoms with van der Waals surface area (Å²) in [6.45, 7) is 0. The van der Waals surface area contributed by atoms with Gasteiger partial charge in [0.1, 0.15) is 5.75 Å². The lowest BCUT2D eigenvalue weighted by molar-refractivity contribution is 0.475. The maximum absolute atomic E-state index is 9.34. The van der Waals surface area contributed by atoms with Gasteiger partial charge in [-0.3, -0.25) is 0 Å². The van der Waals surface area contributed by atoms with E-state index in [2.05, 4.69) is 22.6 Å². The van der Waals surface area contributed by atoms with Gasteiger partial charge >= 0.3 is 0 Å². The fraction of sp³-hybridized carbons (Fsp3) is 0. The van der Waals surface area contributed by atoms with Crippen molar-refractivity contribution in [3.05, 3.63) is 60.7 Å². The molecule has 0 spiro atoms. The zero-order chi connectivity index (χ0) is 13.9. The minimum Gasteiger partial charge on any atom is -0.508 e. The Labute approximate surface area is 122 Å². The summed E-state index contributed by atoms with van der Waals surface area (Å²) < 4.78 is 0. The molecule has 3 nitrogen and oxygen atoms in total. The second-order valence-corrected chi connectivity index (χ2v) is 4.75. The van der Waals surface area contributed by atoms with Crippen LogP contribution in [0.5, 0.6) is 5.75 Å². The predicted octanol–water partition coefficient (Wildman–Crippen LogP) is 3.80. The Bertz CT molecular complexity index is 727. The molecule has 4 heteroatoms. The third-order valence-corrected chi connectivity index (χ3v) is 3.15. The van der Waals surface area contributed by atoms with Crippen LogP contribution in [0.2, 0.25) is 0 Å². The molecule has 2 aromatic carbocycles. The highest BCUT2D eigenvalue weighted by atomic mass is 32.1. The highest BCUT2D eigenvalue weighted by Gasteiger charge is 2.06. The quantitative estimate of drug-likeness (QED) is 0.554. The van der Waals surface area contributed by atoms with Gasteiger partial charge in [0.2, 0.25) is 0 Å². The van der Waals surface area contributed by atoms with E-state index in [1.807, 2.05) is 48.5 Å². The van der Waals surface area contributed by atoms with E-state index in [1.54, 1.807) is 12.1 Å². The lowest BCUT2D eigenvalue weighted by atomic mass is 10.1. The first-order chi connectivity index (χ1) is 9.72.